The molecular weight excluding hydrogens is 569 g/mol. The first kappa shape index (κ1) is 28.2. The summed E-state index contributed by atoms with van der Waals surface area (Å²) >= 11 is 0. The first-order valence-corrected chi connectivity index (χ1v) is 15.7. The minimum atomic E-state index is -3.19. The first-order chi connectivity index (χ1) is 20.5. The topological polar surface area (TPSA) is 146 Å². The van der Waals surface area contributed by atoms with E-state index < -0.39 is 15.7 Å². The molecule has 12 heteroatoms. The molecule has 3 N–H and O–H groups in total. The van der Waals surface area contributed by atoms with Crippen molar-refractivity contribution in [1.29, 1.82) is 0 Å². The minimum absolute atomic E-state index is 0.0686. The number of aromatic nitrogens is 6. The number of carbonyl (C=O) groups is 1. The summed E-state index contributed by atoms with van der Waals surface area (Å²) in [6, 6.07) is 15.7. The van der Waals surface area contributed by atoms with Crippen LogP contribution in [0.5, 0.6) is 0 Å². The predicted molar refractivity (Wildman–Crippen MR) is 164 cm³/mol. The molecule has 218 valence electrons. The number of rotatable bonds is 8. The van der Waals surface area contributed by atoms with E-state index in [-0.39, 0.29) is 24.0 Å². The molecule has 4 aromatic heterocycles. The number of nitrogens with one attached hydrogen (secondary N) is 3. The van der Waals surface area contributed by atoms with Crippen molar-refractivity contribution in [3.63, 3.8) is 0 Å². The number of benzene rings is 2. The van der Waals surface area contributed by atoms with Gasteiger partial charge in [0.1, 0.15) is 21.2 Å². The van der Waals surface area contributed by atoms with Gasteiger partial charge in [0.15, 0.2) is 11.5 Å². The number of imidazole rings is 1. The molecule has 6 aromatic rings. The zero-order valence-corrected chi connectivity index (χ0v) is 24.5. The number of aryl methyl sites for hydroxylation is 1. The van der Waals surface area contributed by atoms with Crippen molar-refractivity contribution < 1.29 is 17.6 Å². The van der Waals surface area contributed by atoms with Crippen LogP contribution in [0, 0.1) is 11.7 Å². The van der Waals surface area contributed by atoms with E-state index in [1.165, 1.54) is 12.1 Å². The maximum Gasteiger partial charge on any atom is 0.226 e. The molecule has 0 atom stereocenters. The molecule has 0 spiro atoms. The van der Waals surface area contributed by atoms with E-state index in [4.69, 9.17) is 9.97 Å². The van der Waals surface area contributed by atoms with Crippen LogP contribution in [0.3, 0.4) is 0 Å². The van der Waals surface area contributed by atoms with Gasteiger partial charge >= 0.3 is 0 Å². The van der Waals surface area contributed by atoms with Gasteiger partial charge in [0.25, 0.3) is 0 Å². The van der Waals surface area contributed by atoms with Gasteiger partial charge in [-0.15, -0.1) is 0 Å². The van der Waals surface area contributed by atoms with E-state index in [0.29, 0.717) is 56.1 Å². The predicted octanol–water partition coefficient (Wildman–Crippen LogP) is 5.55. The Morgan fingerprint density at radius 1 is 0.977 bits per heavy atom. The molecule has 1 amide bonds. The van der Waals surface area contributed by atoms with Crippen molar-refractivity contribution in [3.05, 3.63) is 78.4 Å². The van der Waals surface area contributed by atoms with Gasteiger partial charge in [-0.3, -0.25) is 14.9 Å². The molecule has 10 nitrogen and oxygen atoms in total. The van der Waals surface area contributed by atoms with Crippen LogP contribution in [-0.4, -0.2) is 56.5 Å². The number of H-pyrrole nitrogens is 2. The highest BCUT2D eigenvalue weighted by atomic mass is 32.2. The largest absolute Gasteiger partial charge is 0.336 e. The first-order valence-electron chi connectivity index (χ1n) is 13.6. The van der Waals surface area contributed by atoms with Gasteiger partial charge in [-0.2, -0.15) is 5.10 Å². The summed E-state index contributed by atoms with van der Waals surface area (Å²) in [6.45, 7) is 3.64. The fraction of sp³-hybridized carbons (Fsp3) is 0.194. The molecule has 0 bridgehead atoms. The van der Waals surface area contributed by atoms with Crippen molar-refractivity contribution in [3.8, 4) is 33.9 Å². The molecule has 0 aliphatic carbocycles. The van der Waals surface area contributed by atoms with Gasteiger partial charge in [-0.1, -0.05) is 32.0 Å². The van der Waals surface area contributed by atoms with Gasteiger partial charge in [-0.05, 0) is 53.9 Å². The number of aromatic amines is 2. The molecule has 0 radical (unpaired) electrons. The highest BCUT2D eigenvalue weighted by molar-refractivity contribution is 7.90. The Morgan fingerprint density at radius 2 is 1.81 bits per heavy atom. The number of halogens is 1. The Kier molecular flexibility index (Phi) is 7.22. The summed E-state index contributed by atoms with van der Waals surface area (Å²) in [4.78, 5) is 29.4. The van der Waals surface area contributed by atoms with Gasteiger partial charge in [0.2, 0.25) is 5.91 Å². The van der Waals surface area contributed by atoms with Crippen LogP contribution < -0.4 is 5.32 Å². The van der Waals surface area contributed by atoms with Crippen LogP contribution in [-0.2, 0) is 21.1 Å². The Bertz CT molecular complexity index is 2120. The second kappa shape index (κ2) is 11.0. The van der Waals surface area contributed by atoms with Crippen molar-refractivity contribution >= 4 is 43.5 Å². The third kappa shape index (κ3) is 6.00. The number of nitrogens with zero attached hydrogens (tertiary/aromatic N) is 4. The third-order valence-electron chi connectivity index (χ3n) is 7.00. The normalized spacial score (nSPS) is 11.9. The number of carbonyl (C=O) groups excluding carboxylic acids is 1. The summed E-state index contributed by atoms with van der Waals surface area (Å²) in [7, 11) is -3.19. The lowest BCUT2D eigenvalue weighted by atomic mass is 10.0. The zero-order chi connectivity index (χ0) is 30.3. The van der Waals surface area contributed by atoms with Gasteiger partial charge in [0, 0.05) is 29.5 Å². The monoisotopic (exact) mass is 597 g/mol. The van der Waals surface area contributed by atoms with E-state index in [1.54, 1.807) is 18.5 Å². The molecule has 2 aromatic carbocycles. The van der Waals surface area contributed by atoms with Crippen molar-refractivity contribution in [2.24, 2.45) is 5.92 Å². The standard InChI is InChI=1S/C31H28FN7O3S/c1-17(2)31(40)34-22-14-20(15-33-16-22)24-7-8-26-28(35-24)29(39-38-26)30-36-25-6-4-5-23(27(25)37-30)19-11-18(12-21(32)13-19)9-10-43(3,41)42/h4-8,11-17H,9-10H2,1-3H3,(H,34,40)(H,36,37)(H,38,39). The van der Waals surface area contributed by atoms with Crippen molar-refractivity contribution in [2.45, 2.75) is 20.3 Å². The lowest BCUT2D eigenvalue weighted by molar-refractivity contribution is -0.118. The van der Waals surface area contributed by atoms with Gasteiger partial charge < -0.3 is 10.3 Å². The maximum atomic E-state index is 14.6. The number of hydrogen-bond donors (Lipinski definition) is 3. The smallest absolute Gasteiger partial charge is 0.226 e. The Morgan fingerprint density at radius 3 is 2.60 bits per heavy atom. The molecule has 0 aliphatic heterocycles. The van der Waals surface area contributed by atoms with E-state index in [2.05, 4.69) is 25.5 Å². The summed E-state index contributed by atoms with van der Waals surface area (Å²) < 4.78 is 37.9. The number of fused-ring (bicyclic) bond motifs is 2. The average Bonchev–Trinajstić information content (AvgIpc) is 3.59. The zero-order valence-electron chi connectivity index (χ0n) is 23.6. The molecule has 0 aliphatic rings. The van der Waals surface area contributed by atoms with Gasteiger partial charge in [0.05, 0.1) is 39.9 Å². The molecule has 0 saturated heterocycles. The fourth-order valence-corrected chi connectivity index (χ4v) is 5.40. The van der Waals surface area contributed by atoms with Crippen LogP contribution in [0.2, 0.25) is 0 Å². The summed E-state index contributed by atoms with van der Waals surface area (Å²) in [5.41, 5.74) is 6.95. The Hall–Kier alpha value is -4.97. The third-order valence-corrected chi connectivity index (χ3v) is 7.95. The van der Waals surface area contributed by atoms with Crippen LogP contribution >= 0.6 is 0 Å². The fourth-order valence-electron chi connectivity index (χ4n) is 4.79. The molecule has 0 unspecified atom stereocenters. The lowest BCUT2D eigenvalue weighted by Gasteiger charge is -2.08. The number of sulfone groups is 1. The Labute approximate surface area is 246 Å². The number of pyridine rings is 2. The van der Waals surface area contributed by atoms with E-state index in [0.717, 1.165) is 17.3 Å². The molecule has 43 heavy (non-hydrogen) atoms. The quantitative estimate of drug-likeness (QED) is 0.208. The number of para-hydroxylation sites is 1. The summed E-state index contributed by atoms with van der Waals surface area (Å²) in [6.07, 6.45) is 4.64. The van der Waals surface area contributed by atoms with Crippen LogP contribution in [0.15, 0.2) is 67.0 Å². The van der Waals surface area contributed by atoms with Gasteiger partial charge in [-0.25, -0.2) is 22.8 Å². The SMILES string of the molecule is CC(C)C(=O)Nc1cncc(-c2ccc3[nH]nc(-c4nc5c(-c6cc(F)cc(CCS(C)(=O)=O)c6)cccc5[nH]4)c3n2)c1. The van der Waals surface area contributed by atoms with E-state index in [1.807, 2.05) is 50.2 Å². The minimum Gasteiger partial charge on any atom is -0.336 e. The molecular formula is C31H28FN7O3S. The number of amides is 1. The Balaban J connectivity index is 1.38. The summed E-state index contributed by atoms with van der Waals surface area (Å²) in [5, 5.41) is 10.3. The second-order valence-electron chi connectivity index (χ2n) is 10.8. The maximum absolute atomic E-state index is 14.6. The highest BCUT2D eigenvalue weighted by Gasteiger charge is 2.18. The van der Waals surface area contributed by atoms with Crippen LogP contribution in [0.25, 0.3) is 56.0 Å². The number of anilines is 1. The number of hydrogen-bond acceptors (Lipinski definition) is 7. The highest BCUT2D eigenvalue weighted by Crippen LogP contribution is 2.33. The molecule has 6 rings (SSSR count). The van der Waals surface area contributed by atoms with Crippen molar-refractivity contribution in [1.82, 2.24) is 30.1 Å². The lowest BCUT2D eigenvalue weighted by Crippen LogP contribution is -2.17. The van der Waals surface area contributed by atoms with Crippen LogP contribution in [0.1, 0.15) is 19.4 Å². The molecule has 0 saturated carbocycles. The molecule has 0 fully saturated rings. The van der Waals surface area contributed by atoms with E-state index >= 15 is 0 Å². The van der Waals surface area contributed by atoms with E-state index in [9.17, 15) is 17.6 Å². The van der Waals surface area contributed by atoms with Crippen LogP contribution in [0.4, 0.5) is 10.1 Å². The summed E-state index contributed by atoms with van der Waals surface area (Å²) in [5.74, 6) is -0.319. The van der Waals surface area contributed by atoms with Crippen molar-refractivity contribution in [2.75, 3.05) is 17.3 Å². The average molecular weight is 598 g/mol. The molecule has 4 heterocycles. The second-order valence-corrected chi connectivity index (χ2v) is 13.0.